The van der Waals surface area contributed by atoms with Gasteiger partial charge in [0.2, 0.25) is 5.91 Å². The number of hydrogen-bond acceptors (Lipinski definition) is 3. The van der Waals surface area contributed by atoms with Crippen molar-refractivity contribution in [1.29, 1.82) is 0 Å². The van der Waals surface area contributed by atoms with Crippen molar-refractivity contribution in [2.24, 2.45) is 0 Å². The number of nitrogen functional groups attached to an aromatic ring is 2. The van der Waals surface area contributed by atoms with Crippen molar-refractivity contribution in [3.8, 4) is 0 Å². The summed E-state index contributed by atoms with van der Waals surface area (Å²) in [5, 5.41) is 2.64. The second-order valence-electron chi connectivity index (χ2n) is 3.71. The van der Waals surface area contributed by atoms with Crippen molar-refractivity contribution in [3.05, 3.63) is 54.6 Å². The van der Waals surface area contributed by atoms with Crippen LogP contribution in [0.3, 0.4) is 0 Å². The molecule has 0 heterocycles. The highest BCUT2D eigenvalue weighted by Crippen LogP contribution is 2.09. The third-order valence-electron chi connectivity index (χ3n) is 2.03. The lowest BCUT2D eigenvalue weighted by Gasteiger charge is -2.00. The molecule has 0 aromatic heterocycles. The number of anilines is 3. The van der Waals surface area contributed by atoms with Gasteiger partial charge in [-0.25, -0.2) is 0 Å². The van der Waals surface area contributed by atoms with E-state index in [1.807, 2.05) is 30.3 Å². The van der Waals surface area contributed by atoms with Crippen LogP contribution in [-0.2, 0) is 4.79 Å². The Morgan fingerprint density at radius 3 is 1.78 bits per heavy atom. The predicted octanol–water partition coefficient (Wildman–Crippen LogP) is 2.50. The number of benzene rings is 2. The summed E-state index contributed by atoms with van der Waals surface area (Å²) in [6.07, 6.45) is 0. The summed E-state index contributed by atoms with van der Waals surface area (Å²) in [4.78, 5) is 10.6. The minimum atomic E-state index is -0.0743. The molecule has 4 heteroatoms. The van der Waals surface area contributed by atoms with Crippen LogP contribution in [0.15, 0.2) is 54.6 Å². The standard InChI is InChI=1S/C8H10N2O.C6H7N/c1-6(11)10-8-4-2-7(9)3-5-8;7-6-4-2-1-3-5-6/h2-5H,9H2,1H3,(H,10,11);1-5H,7H2. The van der Waals surface area contributed by atoms with E-state index in [1.165, 1.54) is 6.92 Å². The molecule has 0 radical (unpaired) electrons. The van der Waals surface area contributed by atoms with Crippen molar-refractivity contribution < 1.29 is 4.79 Å². The third kappa shape index (κ3) is 5.55. The van der Waals surface area contributed by atoms with Crippen LogP contribution in [0.2, 0.25) is 0 Å². The van der Waals surface area contributed by atoms with Crippen LogP contribution in [-0.4, -0.2) is 5.91 Å². The van der Waals surface area contributed by atoms with E-state index in [4.69, 9.17) is 11.5 Å². The zero-order chi connectivity index (χ0) is 13.4. The van der Waals surface area contributed by atoms with Gasteiger partial charge in [0.15, 0.2) is 0 Å². The number of rotatable bonds is 1. The Kier molecular flexibility index (Phi) is 5.25. The number of para-hydroxylation sites is 1. The summed E-state index contributed by atoms with van der Waals surface area (Å²) < 4.78 is 0. The molecule has 0 unspecified atom stereocenters. The lowest BCUT2D eigenvalue weighted by molar-refractivity contribution is -0.114. The average molecular weight is 243 g/mol. The quantitative estimate of drug-likeness (QED) is 0.673. The minimum absolute atomic E-state index is 0.0743. The Morgan fingerprint density at radius 2 is 1.39 bits per heavy atom. The van der Waals surface area contributed by atoms with E-state index >= 15 is 0 Å². The zero-order valence-electron chi connectivity index (χ0n) is 10.3. The van der Waals surface area contributed by atoms with Gasteiger partial charge in [0.25, 0.3) is 0 Å². The maximum atomic E-state index is 10.6. The molecule has 0 bridgehead atoms. The smallest absolute Gasteiger partial charge is 0.221 e. The molecule has 0 fully saturated rings. The molecule has 4 nitrogen and oxygen atoms in total. The van der Waals surface area contributed by atoms with E-state index in [0.717, 1.165) is 11.4 Å². The molecular formula is C14H17N3O. The molecule has 2 rings (SSSR count). The van der Waals surface area contributed by atoms with Gasteiger partial charge >= 0.3 is 0 Å². The van der Waals surface area contributed by atoms with E-state index in [9.17, 15) is 4.79 Å². The number of amides is 1. The maximum absolute atomic E-state index is 10.6. The summed E-state index contributed by atoms with van der Waals surface area (Å²) in [5.74, 6) is -0.0743. The fourth-order valence-corrected chi connectivity index (χ4v) is 1.22. The largest absolute Gasteiger partial charge is 0.399 e. The van der Waals surface area contributed by atoms with Crippen LogP contribution in [0.25, 0.3) is 0 Å². The Bertz CT molecular complexity index is 480. The van der Waals surface area contributed by atoms with E-state index in [-0.39, 0.29) is 5.91 Å². The molecule has 1 amide bonds. The first-order valence-corrected chi connectivity index (χ1v) is 5.51. The number of nitrogens with two attached hydrogens (primary N) is 2. The van der Waals surface area contributed by atoms with Gasteiger partial charge in [0.05, 0.1) is 0 Å². The van der Waals surface area contributed by atoms with Crippen LogP contribution in [0, 0.1) is 0 Å². The molecule has 2 aromatic carbocycles. The third-order valence-corrected chi connectivity index (χ3v) is 2.03. The topological polar surface area (TPSA) is 81.1 Å². The summed E-state index contributed by atoms with van der Waals surface area (Å²) in [5.41, 5.74) is 13.1. The number of carbonyl (C=O) groups is 1. The van der Waals surface area contributed by atoms with E-state index in [1.54, 1.807) is 24.3 Å². The van der Waals surface area contributed by atoms with E-state index < -0.39 is 0 Å². The van der Waals surface area contributed by atoms with Crippen LogP contribution in [0.1, 0.15) is 6.92 Å². The van der Waals surface area contributed by atoms with Gasteiger partial charge in [-0.3, -0.25) is 4.79 Å². The van der Waals surface area contributed by atoms with Gasteiger partial charge in [-0.1, -0.05) is 18.2 Å². The van der Waals surface area contributed by atoms with Crippen molar-refractivity contribution in [3.63, 3.8) is 0 Å². The Morgan fingerprint density at radius 1 is 0.889 bits per heavy atom. The Hall–Kier alpha value is -2.49. The van der Waals surface area contributed by atoms with Gasteiger partial charge in [0, 0.05) is 24.0 Å². The highest BCUT2D eigenvalue weighted by molar-refractivity contribution is 5.88. The highest BCUT2D eigenvalue weighted by Gasteiger charge is 1.92. The molecule has 0 aliphatic carbocycles. The second kappa shape index (κ2) is 6.96. The predicted molar refractivity (Wildman–Crippen MR) is 76.0 cm³/mol. The summed E-state index contributed by atoms with van der Waals surface area (Å²) in [6.45, 7) is 1.47. The molecule has 0 atom stereocenters. The maximum Gasteiger partial charge on any atom is 0.221 e. The second-order valence-corrected chi connectivity index (χ2v) is 3.71. The van der Waals surface area contributed by atoms with Crippen LogP contribution in [0.4, 0.5) is 17.1 Å². The summed E-state index contributed by atoms with van der Waals surface area (Å²) in [6, 6.07) is 16.5. The highest BCUT2D eigenvalue weighted by atomic mass is 16.1. The van der Waals surface area contributed by atoms with E-state index in [2.05, 4.69) is 5.32 Å². The Labute approximate surface area is 107 Å². The first-order valence-electron chi connectivity index (χ1n) is 5.51. The van der Waals surface area contributed by atoms with Gasteiger partial charge in [-0.15, -0.1) is 0 Å². The van der Waals surface area contributed by atoms with Gasteiger partial charge in [0.1, 0.15) is 0 Å². The molecule has 0 saturated heterocycles. The normalized spacial score (nSPS) is 8.94. The molecule has 0 aliphatic rings. The summed E-state index contributed by atoms with van der Waals surface area (Å²) in [7, 11) is 0. The molecule has 0 aliphatic heterocycles. The van der Waals surface area contributed by atoms with Crippen molar-refractivity contribution in [1.82, 2.24) is 0 Å². The van der Waals surface area contributed by atoms with Crippen molar-refractivity contribution in [2.75, 3.05) is 16.8 Å². The molecule has 94 valence electrons. The monoisotopic (exact) mass is 243 g/mol. The number of hydrogen-bond donors (Lipinski definition) is 3. The van der Waals surface area contributed by atoms with Gasteiger partial charge in [-0.2, -0.15) is 0 Å². The molecular weight excluding hydrogens is 226 g/mol. The Balaban J connectivity index is 0.000000199. The lowest BCUT2D eigenvalue weighted by atomic mass is 10.3. The molecule has 0 spiro atoms. The molecule has 5 N–H and O–H groups in total. The first-order chi connectivity index (χ1) is 8.58. The fraction of sp³-hybridized carbons (Fsp3) is 0.0714. The molecule has 0 saturated carbocycles. The number of carbonyl (C=O) groups excluding carboxylic acids is 1. The number of nitrogens with one attached hydrogen (secondary N) is 1. The van der Waals surface area contributed by atoms with Crippen LogP contribution in [0.5, 0.6) is 0 Å². The molecule has 2 aromatic rings. The van der Waals surface area contributed by atoms with Crippen LogP contribution >= 0.6 is 0 Å². The minimum Gasteiger partial charge on any atom is -0.399 e. The van der Waals surface area contributed by atoms with E-state index in [0.29, 0.717) is 5.69 Å². The van der Waals surface area contributed by atoms with Gasteiger partial charge in [-0.05, 0) is 36.4 Å². The van der Waals surface area contributed by atoms with Crippen LogP contribution < -0.4 is 16.8 Å². The van der Waals surface area contributed by atoms with Crippen molar-refractivity contribution in [2.45, 2.75) is 6.92 Å². The molecule has 18 heavy (non-hydrogen) atoms. The lowest BCUT2D eigenvalue weighted by Crippen LogP contribution is -2.05. The van der Waals surface area contributed by atoms with Crippen molar-refractivity contribution >= 4 is 23.0 Å². The SMILES string of the molecule is CC(=O)Nc1ccc(N)cc1.Nc1ccccc1. The fourth-order valence-electron chi connectivity index (χ4n) is 1.22. The average Bonchev–Trinajstić information content (AvgIpc) is 2.33. The van der Waals surface area contributed by atoms with Gasteiger partial charge < -0.3 is 16.8 Å². The zero-order valence-corrected chi connectivity index (χ0v) is 10.3. The summed E-state index contributed by atoms with van der Waals surface area (Å²) >= 11 is 0. The first kappa shape index (κ1) is 13.6.